The fourth-order valence-electron chi connectivity index (χ4n) is 4.60. The molecule has 2 aromatic rings. The van der Waals surface area contributed by atoms with Gasteiger partial charge in [-0.15, -0.1) is 0 Å². The average molecular weight is 442 g/mol. The Morgan fingerprint density at radius 2 is 0.889 bits per heavy atom. The molecule has 2 aromatic carbocycles. The van der Waals surface area contributed by atoms with Crippen LogP contribution in [0.25, 0.3) is 0 Å². The molecule has 0 radical (unpaired) electrons. The van der Waals surface area contributed by atoms with Crippen LogP contribution in [0.4, 0.5) is 0 Å². The van der Waals surface area contributed by atoms with Gasteiger partial charge < -0.3 is 0 Å². The molecule has 0 aromatic heterocycles. The van der Waals surface area contributed by atoms with Crippen molar-refractivity contribution >= 4 is 0 Å². The van der Waals surface area contributed by atoms with E-state index in [4.69, 9.17) is 5.63 Å². The first-order valence-corrected chi connectivity index (χ1v) is 12.7. The number of hydrogen-bond donors (Lipinski definition) is 0. The van der Waals surface area contributed by atoms with E-state index in [-0.39, 0.29) is 0 Å². The first-order valence-electron chi connectivity index (χ1n) is 10.7. The first kappa shape index (κ1) is 19.2. The Kier molecular flexibility index (Phi) is 7.07. The summed E-state index contributed by atoms with van der Waals surface area (Å²) in [6, 6.07) is 17.5. The van der Waals surface area contributed by atoms with Gasteiger partial charge in [-0.25, -0.2) is 0 Å². The van der Waals surface area contributed by atoms with Gasteiger partial charge in [-0.1, -0.05) is 0 Å². The van der Waals surface area contributed by atoms with Gasteiger partial charge in [0.25, 0.3) is 0 Å². The molecule has 4 rings (SSSR count). The number of rotatable bonds is 6. The molecule has 0 unspecified atom stereocenters. The molecule has 27 heavy (non-hydrogen) atoms. The van der Waals surface area contributed by atoms with E-state index >= 15 is 0 Å². The number of hydrogen-bond acceptors (Lipinski definition) is 2. The third kappa shape index (κ3) is 5.47. The predicted octanol–water partition coefficient (Wildman–Crippen LogP) is 7.15. The van der Waals surface area contributed by atoms with Gasteiger partial charge in [0, 0.05) is 0 Å². The van der Waals surface area contributed by atoms with Crippen LogP contribution >= 0.6 is 0 Å². The molecule has 0 aliphatic heterocycles. The molecule has 3 heteroatoms. The molecule has 2 aliphatic carbocycles. The van der Waals surface area contributed by atoms with Crippen molar-refractivity contribution < 1.29 is 29.7 Å². The quantitative estimate of drug-likeness (QED) is 0.474. The van der Waals surface area contributed by atoms with Gasteiger partial charge >= 0.3 is 177 Å². The zero-order valence-corrected chi connectivity index (χ0v) is 18.6. The Morgan fingerprint density at radius 1 is 0.519 bits per heavy atom. The van der Waals surface area contributed by atoms with Crippen molar-refractivity contribution in [3.63, 3.8) is 0 Å². The van der Waals surface area contributed by atoms with Crippen molar-refractivity contribution in [3.8, 4) is 11.5 Å². The van der Waals surface area contributed by atoms with E-state index in [0.717, 1.165) is 23.3 Å². The molecular formula is C24H30O2Zr. The van der Waals surface area contributed by atoms with Crippen molar-refractivity contribution in [2.75, 3.05) is 0 Å². The van der Waals surface area contributed by atoms with Gasteiger partial charge in [0.1, 0.15) is 0 Å². The fraction of sp³-hybridized carbons (Fsp3) is 0.500. The van der Waals surface area contributed by atoms with Crippen LogP contribution in [0.5, 0.6) is 11.5 Å². The minimum atomic E-state index is -1.35. The van der Waals surface area contributed by atoms with Gasteiger partial charge in [-0.05, 0) is 0 Å². The second-order valence-electron chi connectivity index (χ2n) is 8.10. The Hall–Kier alpha value is -1.08. The van der Waals surface area contributed by atoms with Gasteiger partial charge in [-0.2, -0.15) is 0 Å². The van der Waals surface area contributed by atoms with E-state index in [1.165, 1.54) is 75.3 Å². The minimum absolute atomic E-state index is 0.756. The molecule has 2 saturated carbocycles. The molecule has 0 heterocycles. The van der Waals surface area contributed by atoms with Crippen LogP contribution in [0.1, 0.15) is 87.2 Å². The van der Waals surface area contributed by atoms with Crippen molar-refractivity contribution in [2.24, 2.45) is 0 Å². The van der Waals surface area contributed by atoms with Crippen LogP contribution in [0.2, 0.25) is 0 Å². The summed E-state index contributed by atoms with van der Waals surface area (Å²) in [6.07, 6.45) is 13.7. The van der Waals surface area contributed by atoms with Crippen LogP contribution in [-0.2, 0) is 24.1 Å². The van der Waals surface area contributed by atoms with Crippen LogP contribution in [-0.4, -0.2) is 0 Å². The van der Waals surface area contributed by atoms with Gasteiger partial charge in [0.2, 0.25) is 0 Å². The topological polar surface area (TPSA) is 18.5 Å². The third-order valence-corrected chi connectivity index (χ3v) is 7.80. The molecule has 2 nitrogen and oxygen atoms in total. The molecule has 0 atom stereocenters. The van der Waals surface area contributed by atoms with E-state index in [2.05, 4.69) is 48.5 Å². The Balaban J connectivity index is 1.24. The molecular weight excluding hydrogens is 411 g/mol. The molecule has 0 N–H and O–H groups in total. The monoisotopic (exact) mass is 440 g/mol. The fourth-order valence-corrected chi connectivity index (χ4v) is 5.85. The predicted molar refractivity (Wildman–Crippen MR) is 106 cm³/mol. The Bertz CT molecular complexity index is 622. The summed E-state index contributed by atoms with van der Waals surface area (Å²) in [6.45, 7) is 0. The standard InChI is InChI=1S/2C12H16O.Zr/c2*13-12-8-6-11(7-9-12)10-4-2-1-3-5-10;/h2*6-10,13H,1-5H2;/q;;+2/p-2. The van der Waals surface area contributed by atoms with Gasteiger partial charge in [-0.3, -0.25) is 0 Å². The zero-order chi connectivity index (χ0) is 18.3. The molecule has 0 amide bonds. The molecule has 0 spiro atoms. The van der Waals surface area contributed by atoms with Crippen molar-refractivity contribution in [1.82, 2.24) is 0 Å². The Labute approximate surface area is 176 Å². The van der Waals surface area contributed by atoms with Crippen LogP contribution < -0.4 is 5.63 Å². The summed E-state index contributed by atoms with van der Waals surface area (Å²) >= 11 is -1.35. The maximum atomic E-state index is 5.95. The summed E-state index contributed by atoms with van der Waals surface area (Å²) in [5, 5.41) is 0. The third-order valence-electron chi connectivity index (χ3n) is 6.23. The van der Waals surface area contributed by atoms with Crippen LogP contribution in [0, 0.1) is 0 Å². The SMILES string of the molecule is c1cc(C2CCCCC2)ccc1[O][Zr][O]c1ccc(C2CCCCC2)cc1. The average Bonchev–Trinajstić information content (AvgIpc) is 2.76. The maximum absolute atomic E-state index is 5.95. The van der Waals surface area contributed by atoms with E-state index < -0.39 is 24.1 Å². The van der Waals surface area contributed by atoms with Crippen LogP contribution in [0.3, 0.4) is 0 Å². The summed E-state index contributed by atoms with van der Waals surface area (Å²) < 4.78 is 11.9. The molecule has 142 valence electrons. The van der Waals surface area contributed by atoms with Crippen molar-refractivity contribution in [3.05, 3.63) is 59.7 Å². The second-order valence-corrected chi connectivity index (χ2v) is 9.51. The molecule has 2 aliphatic rings. The van der Waals surface area contributed by atoms with Crippen molar-refractivity contribution in [2.45, 2.75) is 76.0 Å². The van der Waals surface area contributed by atoms with Crippen molar-refractivity contribution in [1.29, 1.82) is 0 Å². The van der Waals surface area contributed by atoms with Gasteiger partial charge in [0.15, 0.2) is 0 Å². The van der Waals surface area contributed by atoms with Gasteiger partial charge in [0.05, 0.1) is 0 Å². The van der Waals surface area contributed by atoms with E-state index in [1.54, 1.807) is 0 Å². The first-order chi connectivity index (χ1) is 13.4. The summed E-state index contributed by atoms with van der Waals surface area (Å²) in [7, 11) is 0. The summed E-state index contributed by atoms with van der Waals surface area (Å²) in [5.74, 6) is 3.43. The van der Waals surface area contributed by atoms with E-state index in [9.17, 15) is 0 Å². The zero-order valence-electron chi connectivity index (χ0n) is 16.2. The molecule has 0 bridgehead atoms. The Morgan fingerprint density at radius 3 is 1.26 bits per heavy atom. The summed E-state index contributed by atoms with van der Waals surface area (Å²) in [5.41, 5.74) is 2.96. The van der Waals surface area contributed by atoms with E-state index in [0.29, 0.717) is 0 Å². The number of benzene rings is 2. The molecule has 0 saturated heterocycles. The molecule has 2 fully saturated rings. The van der Waals surface area contributed by atoms with Crippen LogP contribution in [0.15, 0.2) is 48.5 Å². The second kappa shape index (κ2) is 9.92. The van der Waals surface area contributed by atoms with E-state index in [1.807, 2.05) is 0 Å². The normalized spacial score (nSPS) is 18.8. The summed E-state index contributed by atoms with van der Waals surface area (Å²) in [4.78, 5) is 0.